The first kappa shape index (κ1) is 19.6. The van der Waals surface area contributed by atoms with Crippen molar-refractivity contribution in [2.45, 2.75) is 18.8 Å². The highest BCUT2D eigenvalue weighted by Crippen LogP contribution is 2.34. The third kappa shape index (κ3) is 4.02. The van der Waals surface area contributed by atoms with Gasteiger partial charge in [0.15, 0.2) is 5.82 Å². The third-order valence-corrected chi connectivity index (χ3v) is 5.99. The summed E-state index contributed by atoms with van der Waals surface area (Å²) in [5.74, 6) is -3.36. The first-order chi connectivity index (χ1) is 13.8. The van der Waals surface area contributed by atoms with E-state index >= 15 is 0 Å². The Morgan fingerprint density at radius 3 is 2.45 bits per heavy atom. The summed E-state index contributed by atoms with van der Waals surface area (Å²) in [5, 5.41) is 1.41. The van der Waals surface area contributed by atoms with Gasteiger partial charge in [0.2, 0.25) is 0 Å². The SMILES string of the molecule is O=C(c1cnc(N2CCC(F)(F)CC2)c(-c2ccc(F)cc2)n1)N1CC=CS1=O. The molecule has 10 heteroatoms. The van der Waals surface area contributed by atoms with Gasteiger partial charge in [-0.2, -0.15) is 0 Å². The largest absolute Gasteiger partial charge is 0.354 e. The Hall–Kier alpha value is -2.75. The topological polar surface area (TPSA) is 66.4 Å². The molecule has 0 spiro atoms. The fourth-order valence-electron chi connectivity index (χ4n) is 3.22. The number of hydrogen-bond acceptors (Lipinski definition) is 5. The molecule has 1 aromatic heterocycles. The molecule has 2 aromatic rings. The molecule has 1 atom stereocenters. The van der Waals surface area contributed by atoms with Crippen LogP contribution in [0.4, 0.5) is 19.0 Å². The first-order valence-electron chi connectivity index (χ1n) is 8.99. The number of aromatic nitrogens is 2. The van der Waals surface area contributed by atoms with Gasteiger partial charge in [0.05, 0.1) is 12.7 Å². The van der Waals surface area contributed by atoms with Crippen LogP contribution in [0, 0.1) is 5.82 Å². The van der Waals surface area contributed by atoms with Crippen LogP contribution in [0.15, 0.2) is 41.9 Å². The highest BCUT2D eigenvalue weighted by Gasteiger charge is 2.35. The fraction of sp³-hybridized carbons (Fsp3) is 0.316. The zero-order valence-corrected chi connectivity index (χ0v) is 16.0. The Morgan fingerprint density at radius 1 is 1.14 bits per heavy atom. The molecule has 1 unspecified atom stereocenters. The second-order valence-electron chi connectivity index (χ2n) is 6.79. The summed E-state index contributed by atoms with van der Waals surface area (Å²) in [6.45, 7) is 0.369. The zero-order chi connectivity index (χ0) is 20.6. The molecule has 0 aliphatic carbocycles. The van der Waals surface area contributed by atoms with Crippen LogP contribution in [0.25, 0.3) is 11.3 Å². The highest BCUT2D eigenvalue weighted by molar-refractivity contribution is 7.86. The summed E-state index contributed by atoms with van der Waals surface area (Å²) in [6, 6.07) is 5.48. The Bertz CT molecular complexity index is 987. The second-order valence-corrected chi connectivity index (χ2v) is 8.06. The predicted molar refractivity (Wildman–Crippen MR) is 102 cm³/mol. The van der Waals surface area contributed by atoms with Crippen molar-refractivity contribution in [3.8, 4) is 11.3 Å². The van der Waals surface area contributed by atoms with Gasteiger partial charge >= 0.3 is 0 Å². The van der Waals surface area contributed by atoms with Crippen molar-refractivity contribution in [1.82, 2.24) is 14.3 Å². The number of amides is 1. The summed E-state index contributed by atoms with van der Waals surface area (Å²) in [7, 11) is -1.57. The lowest BCUT2D eigenvalue weighted by Crippen LogP contribution is -2.40. The van der Waals surface area contributed by atoms with Gasteiger partial charge in [0, 0.05) is 36.9 Å². The lowest BCUT2D eigenvalue weighted by molar-refractivity contribution is -0.0221. The van der Waals surface area contributed by atoms with E-state index in [1.165, 1.54) is 35.9 Å². The molecule has 1 fully saturated rings. The van der Waals surface area contributed by atoms with Gasteiger partial charge in [0.25, 0.3) is 11.8 Å². The fourth-order valence-corrected chi connectivity index (χ4v) is 4.11. The Kier molecular flexibility index (Phi) is 5.12. The predicted octanol–water partition coefficient (Wildman–Crippen LogP) is 3.15. The quantitative estimate of drug-likeness (QED) is 0.760. The van der Waals surface area contributed by atoms with Crippen LogP contribution in [0.2, 0.25) is 0 Å². The van der Waals surface area contributed by atoms with Crippen LogP contribution in [-0.2, 0) is 11.0 Å². The maximum Gasteiger partial charge on any atom is 0.286 e. The molecule has 0 saturated carbocycles. The van der Waals surface area contributed by atoms with E-state index in [0.717, 1.165) is 4.31 Å². The first-order valence-corrected chi connectivity index (χ1v) is 10.2. The number of carbonyl (C=O) groups excluding carboxylic acids is 1. The molecule has 1 saturated heterocycles. The van der Waals surface area contributed by atoms with E-state index in [4.69, 9.17) is 0 Å². The Balaban J connectivity index is 1.72. The van der Waals surface area contributed by atoms with Crippen molar-refractivity contribution in [3.63, 3.8) is 0 Å². The maximum absolute atomic E-state index is 13.6. The average molecular weight is 422 g/mol. The monoisotopic (exact) mass is 422 g/mol. The van der Waals surface area contributed by atoms with E-state index in [0.29, 0.717) is 17.1 Å². The lowest BCUT2D eigenvalue weighted by Gasteiger charge is -2.33. The molecule has 4 rings (SSSR count). The molecule has 1 amide bonds. The summed E-state index contributed by atoms with van der Waals surface area (Å²) in [5.41, 5.74) is 0.771. The van der Waals surface area contributed by atoms with Crippen LogP contribution in [0.5, 0.6) is 0 Å². The van der Waals surface area contributed by atoms with Gasteiger partial charge in [-0.25, -0.2) is 31.7 Å². The number of hydrogen-bond donors (Lipinski definition) is 0. The van der Waals surface area contributed by atoms with E-state index in [1.54, 1.807) is 11.0 Å². The molecule has 0 radical (unpaired) electrons. The molecule has 2 aliphatic rings. The standard InChI is InChI=1S/C19H17F3N4O2S/c20-14-4-2-13(3-5-14)16-17(25-9-6-19(21,22)7-10-25)23-12-15(24-16)18(27)26-8-1-11-29(26)28/h1-5,11-12H,6-10H2. The number of carbonyl (C=O) groups is 1. The number of alkyl halides is 2. The summed E-state index contributed by atoms with van der Waals surface area (Å²) in [4.78, 5) is 23.1. The van der Waals surface area contributed by atoms with Crippen LogP contribution in [0.3, 0.4) is 0 Å². The molecular formula is C19H17F3N4O2S. The van der Waals surface area contributed by atoms with E-state index in [1.807, 2.05) is 0 Å². The van der Waals surface area contributed by atoms with Crippen molar-refractivity contribution in [3.05, 3.63) is 53.5 Å². The molecule has 0 bridgehead atoms. The Morgan fingerprint density at radius 2 is 1.83 bits per heavy atom. The zero-order valence-electron chi connectivity index (χ0n) is 15.2. The minimum atomic E-state index is -2.72. The minimum absolute atomic E-state index is 0.0209. The van der Waals surface area contributed by atoms with Crippen LogP contribution in [0.1, 0.15) is 23.3 Å². The lowest BCUT2D eigenvalue weighted by atomic mass is 10.1. The summed E-state index contributed by atoms with van der Waals surface area (Å²) < 4.78 is 53.5. The van der Waals surface area contributed by atoms with E-state index in [2.05, 4.69) is 9.97 Å². The number of benzene rings is 1. The third-order valence-electron chi connectivity index (χ3n) is 4.81. The normalized spacial score (nSPS) is 20.9. The van der Waals surface area contributed by atoms with Crippen molar-refractivity contribution in [1.29, 1.82) is 0 Å². The summed E-state index contributed by atoms with van der Waals surface area (Å²) >= 11 is 0. The molecule has 2 aliphatic heterocycles. The van der Waals surface area contributed by atoms with Crippen LogP contribution in [-0.4, -0.2) is 49.9 Å². The molecule has 6 nitrogen and oxygen atoms in total. The van der Waals surface area contributed by atoms with Crippen LogP contribution < -0.4 is 4.90 Å². The van der Waals surface area contributed by atoms with Crippen LogP contribution >= 0.6 is 0 Å². The van der Waals surface area contributed by atoms with Gasteiger partial charge in [0.1, 0.15) is 28.2 Å². The number of piperidine rings is 1. The van der Waals surface area contributed by atoms with E-state index in [-0.39, 0.29) is 38.2 Å². The van der Waals surface area contributed by atoms with Gasteiger partial charge < -0.3 is 4.90 Å². The number of anilines is 1. The van der Waals surface area contributed by atoms with Crippen molar-refractivity contribution in [2.75, 3.05) is 24.5 Å². The van der Waals surface area contributed by atoms with Gasteiger partial charge in [-0.05, 0) is 24.3 Å². The molecule has 152 valence electrons. The molecule has 3 heterocycles. The van der Waals surface area contributed by atoms with E-state index < -0.39 is 28.6 Å². The minimum Gasteiger partial charge on any atom is -0.354 e. The average Bonchev–Trinajstić information content (AvgIpc) is 3.14. The van der Waals surface area contributed by atoms with Crippen molar-refractivity contribution < 1.29 is 22.2 Å². The number of halogens is 3. The van der Waals surface area contributed by atoms with Crippen molar-refractivity contribution in [2.24, 2.45) is 0 Å². The molecule has 29 heavy (non-hydrogen) atoms. The molecule has 1 aromatic carbocycles. The molecular weight excluding hydrogens is 405 g/mol. The maximum atomic E-state index is 13.6. The van der Waals surface area contributed by atoms with Gasteiger partial charge in [-0.15, -0.1) is 0 Å². The molecule has 0 N–H and O–H groups in total. The van der Waals surface area contributed by atoms with Gasteiger partial charge in [-0.3, -0.25) is 4.79 Å². The number of rotatable bonds is 3. The number of nitrogens with zero attached hydrogens (tertiary/aromatic N) is 4. The second kappa shape index (κ2) is 7.58. The smallest absolute Gasteiger partial charge is 0.286 e. The summed E-state index contributed by atoms with van der Waals surface area (Å²) in [6.07, 6.45) is 2.25. The highest BCUT2D eigenvalue weighted by atomic mass is 32.2. The van der Waals surface area contributed by atoms with E-state index in [9.17, 15) is 22.2 Å². The van der Waals surface area contributed by atoms with Gasteiger partial charge in [-0.1, -0.05) is 6.08 Å². The Labute approximate surface area is 167 Å². The van der Waals surface area contributed by atoms with Crippen molar-refractivity contribution >= 4 is 22.7 Å².